The minimum absolute atomic E-state index is 0.576. The zero-order valence-corrected chi connectivity index (χ0v) is 19.7. The van der Waals surface area contributed by atoms with E-state index in [1.165, 1.54) is 77.0 Å². The number of hydrogen-bond donors (Lipinski definition) is 0. The summed E-state index contributed by atoms with van der Waals surface area (Å²) in [5.41, 5.74) is 3.11. The summed E-state index contributed by atoms with van der Waals surface area (Å²) in [5, 5.41) is 0. The second-order valence-electron chi connectivity index (χ2n) is 12.1. The molecule has 0 heteroatoms. The van der Waals surface area contributed by atoms with Crippen molar-refractivity contribution in [2.75, 3.05) is 0 Å². The van der Waals surface area contributed by atoms with Crippen LogP contribution in [0.2, 0.25) is 0 Å². The summed E-state index contributed by atoms with van der Waals surface area (Å²) in [7, 11) is 0. The average Bonchev–Trinajstić information content (AvgIpc) is 3.01. The lowest BCUT2D eigenvalue weighted by atomic mass is 9.47. The Morgan fingerprint density at radius 3 is 2.61 bits per heavy atom. The van der Waals surface area contributed by atoms with Crippen LogP contribution in [-0.2, 0) is 0 Å². The van der Waals surface area contributed by atoms with Gasteiger partial charge in [-0.2, -0.15) is 0 Å². The van der Waals surface area contributed by atoms with E-state index in [-0.39, 0.29) is 0 Å². The molecule has 160 valence electrons. The fourth-order valence-electron chi connectivity index (χ4n) is 8.92. The Hall–Kier alpha value is -0.260. The van der Waals surface area contributed by atoms with Gasteiger partial charge in [0.25, 0.3) is 0 Å². The summed E-state index contributed by atoms with van der Waals surface area (Å²) in [4.78, 5) is 0. The SMILES string of the molecule is CC[C@H](CCCC1CCC2C3CC=C4CCCC[C@]4(C)C3CC[C@]12C)C(C)C. The van der Waals surface area contributed by atoms with Crippen molar-refractivity contribution in [2.45, 2.75) is 118 Å². The van der Waals surface area contributed by atoms with E-state index in [0.717, 1.165) is 35.5 Å². The Bertz CT molecular complexity index is 571. The van der Waals surface area contributed by atoms with E-state index in [0.29, 0.717) is 10.8 Å². The standard InChI is InChI=1S/C28H48/c1-6-21(20(2)3)10-9-12-23-14-16-25-24-15-13-22-11-7-8-18-27(22,4)26(24)17-19-28(23,25)5/h13,20-21,23-26H,6-12,14-19H2,1-5H3/t21-,23?,24?,25?,26?,27+,28-/m1/s1. The third-order valence-corrected chi connectivity index (χ3v) is 10.8. The Morgan fingerprint density at radius 2 is 1.86 bits per heavy atom. The Balaban J connectivity index is 1.43. The van der Waals surface area contributed by atoms with Crippen LogP contribution >= 0.6 is 0 Å². The number of rotatable bonds is 6. The molecule has 4 rings (SSSR count). The van der Waals surface area contributed by atoms with Crippen LogP contribution in [0.15, 0.2) is 11.6 Å². The monoisotopic (exact) mass is 384 g/mol. The van der Waals surface area contributed by atoms with Gasteiger partial charge in [-0.25, -0.2) is 0 Å². The van der Waals surface area contributed by atoms with Crippen LogP contribution in [0.25, 0.3) is 0 Å². The molecule has 0 aromatic heterocycles. The van der Waals surface area contributed by atoms with Gasteiger partial charge < -0.3 is 0 Å². The fraction of sp³-hybridized carbons (Fsp3) is 0.929. The van der Waals surface area contributed by atoms with Crippen molar-refractivity contribution < 1.29 is 0 Å². The zero-order chi connectivity index (χ0) is 19.9. The predicted octanol–water partition coefficient (Wildman–Crippen LogP) is 8.81. The van der Waals surface area contributed by atoms with E-state index in [2.05, 4.69) is 40.7 Å². The topological polar surface area (TPSA) is 0 Å². The van der Waals surface area contributed by atoms with Gasteiger partial charge in [0.05, 0.1) is 0 Å². The summed E-state index contributed by atoms with van der Waals surface area (Å²) in [6.07, 6.45) is 22.0. The summed E-state index contributed by atoms with van der Waals surface area (Å²) < 4.78 is 0. The van der Waals surface area contributed by atoms with Gasteiger partial charge in [-0.15, -0.1) is 0 Å². The highest BCUT2D eigenvalue weighted by molar-refractivity contribution is 5.24. The first-order valence-corrected chi connectivity index (χ1v) is 13.1. The van der Waals surface area contributed by atoms with E-state index >= 15 is 0 Å². The maximum absolute atomic E-state index is 2.74. The van der Waals surface area contributed by atoms with E-state index in [1.54, 1.807) is 6.42 Å². The van der Waals surface area contributed by atoms with Crippen molar-refractivity contribution in [1.29, 1.82) is 0 Å². The Kier molecular flexibility index (Phi) is 6.08. The van der Waals surface area contributed by atoms with Gasteiger partial charge in [-0.05, 0) is 104 Å². The molecule has 0 saturated heterocycles. The molecule has 4 aliphatic rings. The zero-order valence-electron chi connectivity index (χ0n) is 19.7. The third-order valence-electron chi connectivity index (χ3n) is 10.8. The lowest BCUT2D eigenvalue weighted by Crippen LogP contribution is -2.49. The maximum Gasteiger partial charge on any atom is -0.00853 e. The molecule has 4 aliphatic carbocycles. The fourth-order valence-corrected chi connectivity index (χ4v) is 8.92. The van der Waals surface area contributed by atoms with Gasteiger partial charge >= 0.3 is 0 Å². The van der Waals surface area contributed by atoms with E-state index in [9.17, 15) is 0 Å². The van der Waals surface area contributed by atoms with Crippen LogP contribution in [0.5, 0.6) is 0 Å². The van der Waals surface area contributed by atoms with Crippen molar-refractivity contribution in [1.82, 2.24) is 0 Å². The van der Waals surface area contributed by atoms with Crippen LogP contribution in [0, 0.1) is 46.3 Å². The Labute approximate surface area is 176 Å². The molecule has 3 saturated carbocycles. The highest BCUT2D eigenvalue weighted by Crippen LogP contribution is 2.66. The van der Waals surface area contributed by atoms with Crippen LogP contribution in [0.3, 0.4) is 0 Å². The van der Waals surface area contributed by atoms with Crippen molar-refractivity contribution in [2.24, 2.45) is 46.3 Å². The average molecular weight is 385 g/mol. The molecule has 3 fully saturated rings. The minimum Gasteiger partial charge on any atom is -0.0845 e. The molecular formula is C28H48. The highest BCUT2D eigenvalue weighted by Gasteiger charge is 2.57. The van der Waals surface area contributed by atoms with Crippen molar-refractivity contribution in [3.05, 3.63) is 11.6 Å². The predicted molar refractivity (Wildman–Crippen MR) is 122 cm³/mol. The first-order valence-electron chi connectivity index (χ1n) is 13.1. The van der Waals surface area contributed by atoms with Crippen molar-refractivity contribution in [3.63, 3.8) is 0 Å². The molecule has 0 nitrogen and oxygen atoms in total. The number of allylic oxidation sites excluding steroid dienone is 2. The molecular weight excluding hydrogens is 336 g/mol. The molecule has 0 N–H and O–H groups in total. The molecule has 0 amide bonds. The summed E-state index contributed by atoms with van der Waals surface area (Å²) in [6.45, 7) is 12.7. The Morgan fingerprint density at radius 1 is 1.04 bits per heavy atom. The maximum atomic E-state index is 2.74. The third kappa shape index (κ3) is 3.43. The molecule has 7 atom stereocenters. The summed E-state index contributed by atoms with van der Waals surface area (Å²) in [6, 6.07) is 0. The summed E-state index contributed by atoms with van der Waals surface area (Å²) >= 11 is 0. The largest absolute Gasteiger partial charge is 0.0845 e. The highest BCUT2D eigenvalue weighted by atomic mass is 14.6. The molecule has 0 radical (unpaired) electrons. The van der Waals surface area contributed by atoms with E-state index in [1.807, 2.05) is 5.57 Å². The van der Waals surface area contributed by atoms with E-state index < -0.39 is 0 Å². The van der Waals surface area contributed by atoms with Gasteiger partial charge in [0.15, 0.2) is 0 Å². The molecule has 4 unspecified atom stereocenters. The van der Waals surface area contributed by atoms with Gasteiger partial charge in [-0.3, -0.25) is 0 Å². The molecule has 0 aromatic carbocycles. The summed E-state index contributed by atoms with van der Waals surface area (Å²) in [5.74, 6) is 5.89. The van der Waals surface area contributed by atoms with Gasteiger partial charge in [0.1, 0.15) is 0 Å². The molecule has 28 heavy (non-hydrogen) atoms. The minimum atomic E-state index is 0.576. The second-order valence-corrected chi connectivity index (χ2v) is 12.1. The first-order chi connectivity index (χ1) is 13.4. The van der Waals surface area contributed by atoms with Crippen molar-refractivity contribution in [3.8, 4) is 0 Å². The molecule has 0 heterocycles. The van der Waals surface area contributed by atoms with Crippen molar-refractivity contribution >= 4 is 0 Å². The second kappa shape index (κ2) is 8.11. The van der Waals surface area contributed by atoms with Gasteiger partial charge in [-0.1, -0.05) is 72.0 Å². The van der Waals surface area contributed by atoms with Crippen LogP contribution in [0.1, 0.15) is 118 Å². The quantitative estimate of drug-likeness (QED) is 0.401. The van der Waals surface area contributed by atoms with Gasteiger partial charge in [0, 0.05) is 0 Å². The molecule has 0 spiro atoms. The number of hydrogen-bond acceptors (Lipinski definition) is 0. The van der Waals surface area contributed by atoms with E-state index in [4.69, 9.17) is 0 Å². The van der Waals surface area contributed by atoms with Gasteiger partial charge in [0.2, 0.25) is 0 Å². The van der Waals surface area contributed by atoms with Crippen LogP contribution in [-0.4, -0.2) is 0 Å². The van der Waals surface area contributed by atoms with Crippen LogP contribution in [0.4, 0.5) is 0 Å². The lowest BCUT2D eigenvalue weighted by molar-refractivity contribution is -0.0426. The lowest BCUT2D eigenvalue weighted by Gasteiger charge is -2.57. The molecule has 0 bridgehead atoms. The molecule has 0 aromatic rings. The normalized spacial score (nSPS) is 43.9. The first kappa shape index (κ1) is 21.0. The molecule has 0 aliphatic heterocycles. The number of fused-ring (bicyclic) bond motifs is 5. The van der Waals surface area contributed by atoms with Crippen LogP contribution < -0.4 is 0 Å². The smallest absolute Gasteiger partial charge is 0.00853 e.